The molecule has 1 N–H and O–H groups in total. The molecule has 110 valence electrons. The summed E-state index contributed by atoms with van der Waals surface area (Å²) in [4.78, 5) is 4.72. The molecule has 0 fully saturated rings. The van der Waals surface area contributed by atoms with E-state index in [9.17, 15) is 0 Å². The van der Waals surface area contributed by atoms with Crippen molar-refractivity contribution in [3.8, 4) is 0 Å². The molecule has 1 aromatic carbocycles. The highest BCUT2D eigenvalue weighted by Gasteiger charge is 2.17. The van der Waals surface area contributed by atoms with Gasteiger partial charge in [0.2, 0.25) is 0 Å². The normalized spacial score (nSPS) is 12.0. The van der Waals surface area contributed by atoms with Gasteiger partial charge in [-0.05, 0) is 30.4 Å². The van der Waals surface area contributed by atoms with Crippen molar-refractivity contribution in [1.29, 1.82) is 0 Å². The van der Waals surface area contributed by atoms with E-state index in [0.717, 1.165) is 17.2 Å². The lowest BCUT2D eigenvalue weighted by Gasteiger charge is -2.24. The lowest BCUT2D eigenvalue weighted by atomic mass is 9.87. The smallest absolute Gasteiger partial charge is 0.183 e. The second-order valence-electron chi connectivity index (χ2n) is 6.42. The van der Waals surface area contributed by atoms with Crippen LogP contribution < -0.4 is 5.32 Å². The van der Waals surface area contributed by atoms with Gasteiger partial charge in [-0.2, -0.15) is 0 Å². The molecule has 0 atom stereocenters. The summed E-state index contributed by atoms with van der Waals surface area (Å²) < 4.78 is 1.27. The zero-order valence-electron chi connectivity index (χ0n) is 13.1. The number of nitrogens with one attached hydrogen (secondary N) is 1. The number of hydrogen-bond donors (Lipinski definition) is 1. The van der Waals surface area contributed by atoms with Gasteiger partial charge in [-0.25, -0.2) is 4.98 Å². The van der Waals surface area contributed by atoms with Crippen molar-refractivity contribution in [3.05, 3.63) is 23.8 Å². The first-order valence-corrected chi connectivity index (χ1v) is 8.43. The number of aryl methyl sites for hydroxylation is 1. The number of rotatable bonds is 7. The maximum absolute atomic E-state index is 4.72. The van der Waals surface area contributed by atoms with E-state index in [1.807, 2.05) is 0 Å². The first-order chi connectivity index (χ1) is 9.52. The predicted molar refractivity (Wildman–Crippen MR) is 90.8 cm³/mol. The fourth-order valence-corrected chi connectivity index (χ4v) is 3.36. The molecule has 0 saturated heterocycles. The maximum Gasteiger partial charge on any atom is 0.183 e. The van der Waals surface area contributed by atoms with Crippen LogP contribution in [0.2, 0.25) is 0 Å². The number of para-hydroxylation sites is 1. The number of unbranched alkanes of at least 4 members (excludes halogenated alkanes) is 2. The molecular formula is C17H26N2S. The monoisotopic (exact) mass is 290 g/mol. The number of thiazole rings is 1. The summed E-state index contributed by atoms with van der Waals surface area (Å²) in [5, 5.41) is 4.59. The van der Waals surface area contributed by atoms with E-state index in [1.165, 1.54) is 35.9 Å². The van der Waals surface area contributed by atoms with Gasteiger partial charge in [-0.1, -0.05) is 63.5 Å². The molecule has 0 aliphatic rings. The Morgan fingerprint density at radius 3 is 2.75 bits per heavy atom. The minimum atomic E-state index is 0.335. The quantitative estimate of drug-likeness (QED) is 0.669. The van der Waals surface area contributed by atoms with Crippen LogP contribution >= 0.6 is 11.3 Å². The second-order valence-corrected chi connectivity index (χ2v) is 7.45. The van der Waals surface area contributed by atoms with Gasteiger partial charge in [0.05, 0.1) is 10.2 Å². The predicted octanol–water partition coefficient (Wildman–Crippen LogP) is 5.62. The van der Waals surface area contributed by atoms with E-state index >= 15 is 0 Å². The topological polar surface area (TPSA) is 24.9 Å². The minimum absolute atomic E-state index is 0.335. The Kier molecular flexibility index (Phi) is 5.03. The standard InChI is InChI=1S/C17H26N2S/c1-5-6-7-11-17(3,4)12-18-16-19-15-13(2)9-8-10-14(15)20-16/h8-10H,5-7,11-12H2,1-4H3,(H,18,19). The molecule has 0 bridgehead atoms. The highest BCUT2D eigenvalue weighted by Crippen LogP contribution is 2.30. The summed E-state index contributed by atoms with van der Waals surface area (Å²) in [6.45, 7) is 10.1. The molecule has 3 heteroatoms. The van der Waals surface area contributed by atoms with Crippen LogP contribution in [-0.4, -0.2) is 11.5 Å². The number of anilines is 1. The maximum atomic E-state index is 4.72. The molecule has 2 aromatic rings. The number of fused-ring (bicyclic) bond motifs is 1. The summed E-state index contributed by atoms with van der Waals surface area (Å²) in [5.41, 5.74) is 2.74. The molecule has 0 spiro atoms. The van der Waals surface area contributed by atoms with E-state index in [2.05, 4.69) is 51.2 Å². The van der Waals surface area contributed by atoms with Gasteiger partial charge in [-0.3, -0.25) is 0 Å². The average Bonchev–Trinajstić information content (AvgIpc) is 2.81. The van der Waals surface area contributed by atoms with E-state index in [1.54, 1.807) is 11.3 Å². The van der Waals surface area contributed by atoms with Crippen molar-refractivity contribution >= 4 is 26.7 Å². The van der Waals surface area contributed by atoms with E-state index in [0.29, 0.717) is 5.41 Å². The fraction of sp³-hybridized carbons (Fsp3) is 0.588. The van der Waals surface area contributed by atoms with Crippen LogP contribution in [0, 0.1) is 12.3 Å². The Hall–Kier alpha value is -1.09. The SMILES string of the molecule is CCCCCC(C)(C)CNc1nc2c(C)cccc2s1. The summed E-state index contributed by atoms with van der Waals surface area (Å²) >= 11 is 1.76. The zero-order chi connectivity index (χ0) is 14.6. The highest BCUT2D eigenvalue weighted by atomic mass is 32.1. The molecule has 20 heavy (non-hydrogen) atoms. The summed E-state index contributed by atoms with van der Waals surface area (Å²) in [7, 11) is 0. The van der Waals surface area contributed by atoms with Crippen molar-refractivity contribution in [2.45, 2.75) is 53.4 Å². The Morgan fingerprint density at radius 1 is 1.25 bits per heavy atom. The summed E-state index contributed by atoms with van der Waals surface area (Å²) in [6.07, 6.45) is 5.23. The van der Waals surface area contributed by atoms with Gasteiger partial charge in [0.15, 0.2) is 5.13 Å². The number of aromatic nitrogens is 1. The Labute approximate surface area is 126 Å². The van der Waals surface area contributed by atoms with Gasteiger partial charge in [0.25, 0.3) is 0 Å². The Balaban J connectivity index is 1.96. The van der Waals surface area contributed by atoms with Crippen LogP contribution in [0.5, 0.6) is 0 Å². The Bertz CT molecular complexity index is 557. The van der Waals surface area contributed by atoms with Crippen molar-refractivity contribution in [2.24, 2.45) is 5.41 Å². The lowest BCUT2D eigenvalue weighted by molar-refractivity contribution is 0.342. The molecule has 0 saturated carbocycles. The zero-order valence-corrected chi connectivity index (χ0v) is 13.9. The molecule has 0 aliphatic carbocycles. The summed E-state index contributed by atoms with van der Waals surface area (Å²) in [5.74, 6) is 0. The van der Waals surface area contributed by atoms with Crippen molar-refractivity contribution in [3.63, 3.8) is 0 Å². The minimum Gasteiger partial charge on any atom is -0.361 e. The van der Waals surface area contributed by atoms with Gasteiger partial charge >= 0.3 is 0 Å². The molecule has 0 amide bonds. The third-order valence-electron chi connectivity index (χ3n) is 3.80. The third kappa shape index (κ3) is 3.95. The van der Waals surface area contributed by atoms with Crippen LogP contribution in [0.15, 0.2) is 18.2 Å². The first kappa shape index (κ1) is 15.3. The largest absolute Gasteiger partial charge is 0.361 e. The van der Waals surface area contributed by atoms with Gasteiger partial charge in [0.1, 0.15) is 0 Å². The van der Waals surface area contributed by atoms with Crippen LogP contribution in [0.3, 0.4) is 0 Å². The lowest BCUT2D eigenvalue weighted by Crippen LogP contribution is -2.22. The van der Waals surface area contributed by atoms with Crippen LogP contribution in [-0.2, 0) is 0 Å². The average molecular weight is 290 g/mol. The van der Waals surface area contributed by atoms with E-state index in [-0.39, 0.29) is 0 Å². The van der Waals surface area contributed by atoms with Crippen LogP contribution in [0.4, 0.5) is 5.13 Å². The van der Waals surface area contributed by atoms with Crippen LogP contribution in [0.1, 0.15) is 52.0 Å². The molecule has 0 aliphatic heterocycles. The number of benzene rings is 1. The molecule has 0 radical (unpaired) electrons. The second kappa shape index (κ2) is 6.57. The molecule has 2 rings (SSSR count). The van der Waals surface area contributed by atoms with Crippen molar-refractivity contribution < 1.29 is 0 Å². The fourth-order valence-electron chi connectivity index (χ4n) is 2.42. The van der Waals surface area contributed by atoms with E-state index in [4.69, 9.17) is 4.98 Å². The van der Waals surface area contributed by atoms with Gasteiger partial charge in [-0.15, -0.1) is 0 Å². The highest BCUT2D eigenvalue weighted by molar-refractivity contribution is 7.22. The number of hydrogen-bond acceptors (Lipinski definition) is 3. The van der Waals surface area contributed by atoms with E-state index < -0.39 is 0 Å². The van der Waals surface area contributed by atoms with Crippen LogP contribution in [0.25, 0.3) is 10.2 Å². The molecule has 1 heterocycles. The third-order valence-corrected chi connectivity index (χ3v) is 4.77. The summed E-state index contributed by atoms with van der Waals surface area (Å²) in [6, 6.07) is 6.38. The molecular weight excluding hydrogens is 264 g/mol. The first-order valence-electron chi connectivity index (χ1n) is 7.62. The van der Waals surface area contributed by atoms with Gasteiger partial charge in [0, 0.05) is 6.54 Å². The molecule has 0 unspecified atom stereocenters. The Morgan fingerprint density at radius 2 is 2.05 bits per heavy atom. The van der Waals surface area contributed by atoms with Crippen molar-refractivity contribution in [2.75, 3.05) is 11.9 Å². The number of nitrogens with zero attached hydrogens (tertiary/aromatic N) is 1. The molecule has 1 aromatic heterocycles. The van der Waals surface area contributed by atoms with Crippen molar-refractivity contribution in [1.82, 2.24) is 4.98 Å². The molecule has 2 nitrogen and oxygen atoms in total. The van der Waals surface area contributed by atoms with Gasteiger partial charge < -0.3 is 5.32 Å².